The van der Waals surface area contributed by atoms with E-state index >= 15 is 0 Å². The van der Waals surface area contributed by atoms with Crippen molar-refractivity contribution in [1.29, 1.82) is 0 Å². The smallest absolute Gasteiger partial charge is 0.420 e. The molecular formula is C20H15N3O3. The van der Waals surface area contributed by atoms with E-state index in [1.807, 2.05) is 30.3 Å². The van der Waals surface area contributed by atoms with Gasteiger partial charge in [-0.1, -0.05) is 42.5 Å². The van der Waals surface area contributed by atoms with Gasteiger partial charge in [-0.25, -0.2) is 14.7 Å². The van der Waals surface area contributed by atoms with Crippen molar-refractivity contribution in [2.24, 2.45) is 0 Å². The Balaban J connectivity index is 1.73. The molecule has 128 valence electrons. The molecule has 0 saturated heterocycles. The average molecular weight is 345 g/mol. The number of carbonyl (C=O) groups excluding carboxylic acids is 2. The van der Waals surface area contributed by atoms with Crippen LogP contribution in [0.1, 0.15) is 15.9 Å². The molecule has 1 aliphatic heterocycles. The normalized spacial score (nSPS) is 12.5. The predicted octanol–water partition coefficient (Wildman–Crippen LogP) is 4.12. The number of hydrogen-bond acceptors (Lipinski definition) is 4. The summed E-state index contributed by atoms with van der Waals surface area (Å²) in [5.41, 5.74) is 2.13. The predicted molar refractivity (Wildman–Crippen MR) is 97.4 cm³/mol. The fourth-order valence-electron chi connectivity index (χ4n) is 2.81. The summed E-state index contributed by atoms with van der Waals surface area (Å²) in [5.74, 6) is 0.0251. The van der Waals surface area contributed by atoms with Crippen LogP contribution < -0.4 is 10.2 Å². The van der Waals surface area contributed by atoms with Gasteiger partial charge in [-0.15, -0.1) is 0 Å². The maximum Gasteiger partial charge on any atom is 0.420 e. The summed E-state index contributed by atoms with van der Waals surface area (Å²) >= 11 is 0. The SMILES string of the molecule is O=C1Nc2cccnc2N(C(=O)OCc2ccccc2)c2ccccc21. The lowest BCUT2D eigenvalue weighted by Crippen LogP contribution is -2.28. The molecule has 0 unspecified atom stereocenters. The molecule has 0 fully saturated rings. The molecule has 1 aliphatic rings. The lowest BCUT2D eigenvalue weighted by atomic mass is 10.1. The summed E-state index contributed by atoms with van der Waals surface area (Å²) in [6.07, 6.45) is 0.967. The van der Waals surface area contributed by atoms with Crippen LogP contribution in [0.2, 0.25) is 0 Å². The van der Waals surface area contributed by atoms with E-state index in [0.717, 1.165) is 5.56 Å². The summed E-state index contributed by atoms with van der Waals surface area (Å²) in [5, 5.41) is 2.79. The van der Waals surface area contributed by atoms with Gasteiger partial charge in [-0.2, -0.15) is 0 Å². The number of pyridine rings is 1. The lowest BCUT2D eigenvalue weighted by Gasteiger charge is -2.22. The van der Waals surface area contributed by atoms with Gasteiger partial charge in [0.1, 0.15) is 6.61 Å². The Morgan fingerprint density at radius 2 is 1.77 bits per heavy atom. The van der Waals surface area contributed by atoms with Gasteiger partial charge >= 0.3 is 6.09 Å². The number of rotatable bonds is 2. The van der Waals surface area contributed by atoms with E-state index in [1.54, 1.807) is 42.6 Å². The quantitative estimate of drug-likeness (QED) is 0.758. The van der Waals surface area contributed by atoms with Gasteiger partial charge in [-0.3, -0.25) is 4.79 Å². The van der Waals surface area contributed by atoms with Gasteiger partial charge in [0.15, 0.2) is 5.82 Å². The van der Waals surface area contributed by atoms with Gasteiger partial charge in [0.2, 0.25) is 0 Å². The van der Waals surface area contributed by atoms with Gasteiger partial charge in [0.05, 0.1) is 16.9 Å². The van der Waals surface area contributed by atoms with Crippen LogP contribution in [0.3, 0.4) is 0 Å². The van der Waals surface area contributed by atoms with E-state index in [4.69, 9.17) is 4.74 Å². The average Bonchev–Trinajstić information content (AvgIpc) is 2.81. The number of amides is 2. The van der Waals surface area contributed by atoms with E-state index in [9.17, 15) is 9.59 Å². The molecule has 1 aromatic heterocycles. The first kappa shape index (κ1) is 15.8. The standard InChI is InChI=1S/C20H15N3O3/c24-19-15-9-4-5-11-17(15)23(18-16(22-19)10-6-12-21-18)20(25)26-13-14-7-2-1-3-8-14/h1-12H,13H2,(H,22,24). The van der Waals surface area contributed by atoms with Crippen molar-refractivity contribution in [3.63, 3.8) is 0 Å². The van der Waals surface area contributed by atoms with E-state index in [0.29, 0.717) is 22.8 Å². The third kappa shape index (κ3) is 2.88. The third-order valence-corrected chi connectivity index (χ3v) is 4.02. The molecule has 0 bridgehead atoms. The van der Waals surface area contributed by atoms with Crippen LogP contribution in [0.5, 0.6) is 0 Å². The minimum absolute atomic E-state index is 0.127. The van der Waals surface area contributed by atoms with Crippen LogP contribution in [0.15, 0.2) is 72.9 Å². The van der Waals surface area contributed by atoms with Crippen molar-refractivity contribution in [3.8, 4) is 0 Å². The Labute approximate surface area is 150 Å². The number of para-hydroxylation sites is 1. The monoisotopic (exact) mass is 345 g/mol. The zero-order valence-corrected chi connectivity index (χ0v) is 13.8. The summed E-state index contributed by atoms with van der Waals surface area (Å²) in [4.78, 5) is 31.0. The molecule has 6 heteroatoms. The van der Waals surface area contributed by atoms with Gasteiger partial charge in [0.25, 0.3) is 5.91 Å². The van der Waals surface area contributed by atoms with Crippen molar-refractivity contribution >= 4 is 29.2 Å². The van der Waals surface area contributed by atoms with Gasteiger partial charge in [0, 0.05) is 6.20 Å². The molecule has 2 heterocycles. The van der Waals surface area contributed by atoms with Crippen LogP contribution in [0, 0.1) is 0 Å². The molecule has 6 nitrogen and oxygen atoms in total. The number of aromatic nitrogens is 1. The molecule has 26 heavy (non-hydrogen) atoms. The minimum Gasteiger partial charge on any atom is -0.444 e. The van der Waals surface area contributed by atoms with E-state index < -0.39 is 6.09 Å². The highest BCUT2D eigenvalue weighted by molar-refractivity contribution is 6.16. The molecule has 2 amide bonds. The Bertz CT molecular complexity index is 973. The van der Waals surface area contributed by atoms with Crippen molar-refractivity contribution in [2.45, 2.75) is 6.61 Å². The van der Waals surface area contributed by atoms with Crippen LogP contribution in [-0.2, 0) is 11.3 Å². The second-order valence-corrected chi connectivity index (χ2v) is 5.72. The van der Waals surface area contributed by atoms with Crippen LogP contribution in [0.4, 0.5) is 22.0 Å². The molecule has 1 N–H and O–H groups in total. The fraction of sp³-hybridized carbons (Fsp3) is 0.0500. The topological polar surface area (TPSA) is 71.5 Å². The Hall–Kier alpha value is -3.67. The number of fused-ring (bicyclic) bond motifs is 2. The highest BCUT2D eigenvalue weighted by atomic mass is 16.6. The number of ether oxygens (including phenoxy) is 1. The first-order valence-electron chi connectivity index (χ1n) is 8.10. The van der Waals surface area contributed by atoms with Crippen molar-refractivity contribution in [2.75, 3.05) is 10.2 Å². The Morgan fingerprint density at radius 3 is 2.62 bits per heavy atom. The molecule has 2 aromatic carbocycles. The molecule has 0 spiro atoms. The largest absolute Gasteiger partial charge is 0.444 e. The fourth-order valence-corrected chi connectivity index (χ4v) is 2.81. The molecule has 0 aliphatic carbocycles. The van der Waals surface area contributed by atoms with Crippen molar-refractivity contribution in [3.05, 3.63) is 84.1 Å². The van der Waals surface area contributed by atoms with Crippen molar-refractivity contribution < 1.29 is 14.3 Å². The molecular weight excluding hydrogens is 330 g/mol. The maximum atomic E-state index is 12.9. The Morgan fingerprint density at radius 1 is 1.00 bits per heavy atom. The van der Waals surface area contributed by atoms with Crippen molar-refractivity contribution in [1.82, 2.24) is 4.98 Å². The highest BCUT2D eigenvalue weighted by Crippen LogP contribution is 2.36. The first-order chi connectivity index (χ1) is 12.7. The molecule has 4 rings (SSSR count). The van der Waals surface area contributed by atoms with E-state index in [1.165, 1.54) is 4.90 Å². The van der Waals surface area contributed by atoms with Gasteiger partial charge < -0.3 is 10.1 Å². The number of nitrogens with one attached hydrogen (secondary N) is 1. The number of hydrogen-bond donors (Lipinski definition) is 1. The summed E-state index contributed by atoms with van der Waals surface area (Å²) in [6, 6.07) is 19.7. The van der Waals surface area contributed by atoms with Crippen LogP contribution in [-0.4, -0.2) is 17.0 Å². The molecule has 0 saturated carbocycles. The minimum atomic E-state index is -0.599. The number of carbonyl (C=O) groups is 2. The lowest BCUT2D eigenvalue weighted by molar-refractivity contribution is 0.102. The number of nitrogens with zero attached hydrogens (tertiary/aromatic N) is 2. The van der Waals surface area contributed by atoms with E-state index in [-0.39, 0.29) is 12.5 Å². The van der Waals surface area contributed by atoms with E-state index in [2.05, 4.69) is 10.3 Å². The molecule has 0 radical (unpaired) electrons. The Kier molecular flexibility index (Phi) is 4.07. The molecule has 3 aromatic rings. The number of anilines is 3. The second kappa shape index (κ2) is 6.68. The summed E-state index contributed by atoms with van der Waals surface area (Å²) in [6.45, 7) is 0.127. The summed E-state index contributed by atoms with van der Waals surface area (Å²) < 4.78 is 5.48. The summed E-state index contributed by atoms with van der Waals surface area (Å²) in [7, 11) is 0. The highest BCUT2D eigenvalue weighted by Gasteiger charge is 2.31. The number of benzene rings is 2. The van der Waals surface area contributed by atoms with Gasteiger partial charge in [-0.05, 0) is 29.8 Å². The zero-order valence-electron chi connectivity index (χ0n) is 13.8. The zero-order chi connectivity index (χ0) is 17.9. The van der Waals surface area contributed by atoms with Crippen LogP contribution >= 0.6 is 0 Å². The van der Waals surface area contributed by atoms with Crippen LogP contribution in [0.25, 0.3) is 0 Å². The third-order valence-electron chi connectivity index (χ3n) is 4.02. The first-order valence-corrected chi connectivity index (χ1v) is 8.10. The maximum absolute atomic E-state index is 12.9. The molecule has 0 atom stereocenters. The second-order valence-electron chi connectivity index (χ2n) is 5.72.